The van der Waals surface area contributed by atoms with Gasteiger partial charge in [-0.2, -0.15) is 4.31 Å². The molecule has 0 N–H and O–H groups in total. The maximum Gasteiger partial charge on any atom is 0.215 e. The van der Waals surface area contributed by atoms with Crippen LogP contribution in [0.4, 0.5) is 5.69 Å². The summed E-state index contributed by atoms with van der Waals surface area (Å²) in [4.78, 5) is 14.8. The SMILES string of the molecule is CC1(C)C2CCC1(CS(=O)(=O)N1CCN(c3cc(Cl)ccc3Cl)CC1)C(=O)C2. The van der Waals surface area contributed by atoms with Crippen LogP contribution in [0.25, 0.3) is 0 Å². The van der Waals surface area contributed by atoms with Gasteiger partial charge in [0, 0.05) is 43.0 Å². The van der Waals surface area contributed by atoms with Crippen molar-refractivity contribution in [2.45, 2.75) is 33.1 Å². The number of anilines is 1. The van der Waals surface area contributed by atoms with E-state index in [4.69, 9.17) is 23.2 Å². The van der Waals surface area contributed by atoms with Crippen molar-refractivity contribution in [1.29, 1.82) is 0 Å². The van der Waals surface area contributed by atoms with Crippen LogP contribution in [0.3, 0.4) is 0 Å². The highest BCUT2D eigenvalue weighted by Gasteiger charge is 2.65. The number of piperazine rings is 1. The van der Waals surface area contributed by atoms with Gasteiger partial charge in [0.05, 0.1) is 16.5 Å². The molecule has 28 heavy (non-hydrogen) atoms. The Morgan fingerprint density at radius 3 is 2.39 bits per heavy atom. The molecule has 1 aromatic carbocycles. The van der Waals surface area contributed by atoms with Gasteiger partial charge in [-0.3, -0.25) is 4.79 Å². The summed E-state index contributed by atoms with van der Waals surface area (Å²) in [7, 11) is -3.51. The number of carbonyl (C=O) groups excluding carboxylic acids is 1. The zero-order valence-electron chi connectivity index (χ0n) is 16.2. The number of Topliss-reactive ketones (excluding diaryl/α,β-unsaturated/α-hetero) is 1. The smallest absolute Gasteiger partial charge is 0.215 e. The van der Waals surface area contributed by atoms with E-state index < -0.39 is 15.4 Å². The fraction of sp³-hybridized carbons (Fsp3) is 0.650. The molecule has 2 unspecified atom stereocenters. The molecule has 0 amide bonds. The highest BCUT2D eigenvalue weighted by atomic mass is 35.5. The second kappa shape index (κ2) is 6.86. The van der Waals surface area contributed by atoms with Gasteiger partial charge in [0.1, 0.15) is 5.78 Å². The van der Waals surface area contributed by atoms with Crippen molar-refractivity contribution < 1.29 is 13.2 Å². The molecular formula is C20H26Cl2N2O3S. The van der Waals surface area contributed by atoms with Crippen LogP contribution in [0.5, 0.6) is 0 Å². The van der Waals surface area contributed by atoms with Crippen LogP contribution >= 0.6 is 23.2 Å². The van der Waals surface area contributed by atoms with Crippen LogP contribution < -0.4 is 4.90 Å². The molecule has 3 fully saturated rings. The Bertz CT molecular complexity index is 910. The quantitative estimate of drug-likeness (QED) is 0.707. The summed E-state index contributed by atoms with van der Waals surface area (Å²) in [6.07, 6.45) is 2.18. The van der Waals surface area contributed by atoms with Gasteiger partial charge in [-0.15, -0.1) is 0 Å². The van der Waals surface area contributed by atoms with E-state index in [9.17, 15) is 13.2 Å². The first-order chi connectivity index (χ1) is 13.1. The fourth-order valence-corrected chi connectivity index (χ4v) is 8.05. The lowest BCUT2D eigenvalue weighted by molar-refractivity contribution is -0.128. The monoisotopic (exact) mass is 444 g/mol. The molecule has 3 aliphatic rings. The normalized spacial score (nSPS) is 30.2. The molecule has 1 aromatic rings. The van der Waals surface area contributed by atoms with Crippen LogP contribution in [0, 0.1) is 16.7 Å². The van der Waals surface area contributed by atoms with Crippen LogP contribution in [-0.2, 0) is 14.8 Å². The lowest BCUT2D eigenvalue weighted by Gasteiger charge is -2.40. The Kier molecular flexibility index (Phi) is 5.01. The molecule has 1 saturated heterocycles. The van der Waals surface area contributed by atoms with E-state index in [1.54, 1.807) is 16.4 Å². The van der Waals surface area contributed by atoms with Crippen molar-refractivity contribution in [3.05, 3.63) is 28.2 Å². The minimum Gasteiger partial charge on any atom is -0.368 e. The second-order valence-electron chi connectivity index (χ2n) is 8.90. The van der Waals surface area contributed by atoms with Crippen molar-refractivity contribution in [3.8, 4) is 0 Å². The van der Waals surface area contributed by atoms with E-state index in [1.165, 1.54) is 0 Å². The summed E-state index contributed by atoms with van der Waals surface area (Å²) in [6.45, 7) is 6.02. The Labute approximate surface area is 177 Å². The first-order valence-corrected chi connectivity index (χ1v) is 12.1. The summed E-state index contributed by atoms with van der Waals surface area (Å²) >= 11 is 12.4. The molecule has 2 saturated carbocycles. The fourth-order valence-electron chi connectivity index (χ4n) is 5.45. The van der Waals surface area contributed by atoms with Crippen molar-refractivity contribution in [2.75, 3.05) is 36.8 Å². The van der Waals surface area contributed by atoms with Crippen molar-refractivity contribution in [1.82, 2.24) is 4.31 Å². The van der Waals surface area contributed by atoms with E-state index in [1.807, 2.05) is 6.07 Å². The number of benzene rings is 1. The first kappa shape index (κ1) is 20.5. The van der Waals surface area contributed by atoms with Crippen LogP contribution in [0.2, 0.25) is 10.0 Å². The predicted octanol–water partition coefficient (Wildman–Crippen LogP) is 3.84. The minimum absolute atomic E-state index is 0.0553. The van der Waals surface area contributed by atoms with Gasteiger partial charge in [0.25, 0.3) is 0 Å². The highest BCUT2D eigenvalue weighted by Crippen LogP contribution is 2.64. The number of hydrogen-bond acceptors (Lipinski definition) is 4. The van der Waals surface area contributed by atoms with Gasteiger partial charge in [-0.25, -0.2) is 8.42 Å². The van der Waals surface area contributed by atoms with Gasteiger partial charge in [-0.05, 0) is 42.4 Å². The number of nitrogens with zero attached hydrogens (tertiary/aromatic N) is 2. The van der Waals surface area contributed by atoms with Crippen molar-refractivity contribution >= 4 is 44.7 Å². The van der Waals surface area contributed by atoms with Crippen LogP contribution in [0.15, 0.2) is 18.2 Å². The van der Waals surface area contributed by atoms with E-state index in [-0.39, 0.29) is 17.0 Å². The largest absolute Gasteiger partial charge is 0.368 e. The molecule has 2 atom stereocenters. The van der Waals surface area contributed by atoms with Gasteiger partial charge in [-0.1, -0.05) is 37.0 Å². The third-order valence-electron chi connectivity index (χ3n) is 7.45. The molecule has 0 spiro atoms. The molecule has 1 heterocycles. The molecule has 154 valence electrons. The summed E-state index contributed by atoms with van der Waals surface area (Å²) in [5.74, 6) is 0.402. The molecule has 0 radical (unpaired) electrons. The lowest BCUT2D eigenvalue weighted by atomic mass is 9.70. The third kappa shape index (κ3) is 3.08. The van der Waals surface area contributed by atoms with E-state index >= 15 is 0 Å². The third-order valence-corrected chi connectivity index (χ3v) is 10.0. The zero-order valence-corrected chi connectivity index (χ0v) is 18.6. The minimum atomic E-state index is -3.51. The molecule has 5 nitrogen and oxygen atoms in total. The Balaban J connectivity index is 1.49. The molecule has 2 aliphatic carbocycles. The zero-order chi connectivity index (χ0) is 20.3. The maximum absolute atomic E-state index is 13.2. The summed E-state index contributed by atoms with van der Waals surface area (Å²) in [5.41, 5.74) is -0.132. The van der Waals surface area contributed by atoms with Gasteiger partial charge in [0.15, 0.2) is 0 Å². The van der Waals surface area contributed by atoms with Gasteiger partial charge in [0.2, 0.25) is 10.0 Å². The summed E-state index contributed by atoms with van der Waals surface area (Å²) in [6, 6.07) is 5.31. The average molecular weight is 445 g/mol. The maximum atomic E-state index is 13.2. The predicted molar refractivity (Wildman–Crippen MR) is 113 cm³/mol. The lowest BCUT2D eigenvalue weighted by Crippen LogP contribution is -2.52. The second-order valence-corrected chi connectivity index (χ2v) is 11.7. The van der Waals surface area contributed by atoms with Crippen LogP contribution in [0.1, 0.15) is 33.1 Å². The Hall–Kier alpha value is -0.820. The number of carbonyl (C=O) groups is 1. The topological polar surface area (TPSA) is 57.7 Å². The van der Waals surface area contributed by atoms with E-state index in [0.717, 1.165) is 12.1 Å². The Morgan fingerprint density at radius 1 is 1.14 bits per heavy atom. The molecular weight excluding hydrogens is 419 g/mol. The number of ketones is 1. The molecule has 0 aromatic heterocycles. The van der Waals surface area contributed by atoms with E-state index in [2.05, 4.69) is 18.7 Å². The van der Waals surface area contributed by atoms with Gasteiger partial charge < -0.3 is 4.90 Å². The van der Waals surface area contributed by atoms with Crippen molar-refractivity contribution in [3.63, 3.8) is 0 Å². The summed E-state index contributed by atoms with van der Waals surface area (Å²) < 4.78 is 28.0. The van der Waals surface area contributed by atoms with Crippen LogP contribution in [-0.4, -0.2) is 50.4 Å². The summed E-state index contributed by atoms with van der Waals surface area (Å²) in [5, 5.41) is 1.21. The average Bonchev–Trinajstić information content (AvgIpc) is 2.98. The Morgan fingerprint density at radius 2 is 1.82 bits per heavy atom. The molecule has 4 rings (SSSR count). The molecule has 1 aliphatic heterocycles. The van der Waals surface area contributed by atoms with Gasteiger partial charge >= 0.3 is 0 Å². The first-order valence-electron chi connectivity index (χ1n) is 9.78. The highest BCUT2D eigenvalue weighted by molar-refractivity contribution is 7.89. The van der Waals surface area contributed by atoms with Crippen molar-refractivity contribution in [2.24, 2.45) is 16.7 Å². The number of hydrogen-bond donors (Lipinski definition) is 0. The number of fused-ring (bicyclic) bond motifs is 2. The standard InChI is InChI=1S/C20H26Cl2N2O3S/c1-19(2)14-5-6-20(19,18(25)11-14)13-28(26,27)24-9-7-23(8-10-24)17-12-15(21)3-4-16(17)22/h3-4,12,14H,5-11,13H2,1-2H3. The molecule has 2 bridgehead atoms. The van der Waals surface area contributed by atoms with E-state index in [0.29, 0.717) is 55.0 Å². The number of sulfonamides is 1. The molecule has 8 heteroatoms. The number of halogens is 2. The number of rotatable bonds is 4.